The van der Waals surface area contributed by atoms with Gasteiger partial charge in [-0.25, -0.2) is 0 Å². The fourth-order valence-electron chi connectivity index (χ4n) is 5.01. The Hall–Kier alpha value is -3.74. The molecule has 0 bridgehead atoms. The summed E-state index contributed by atoms with van der Waals surface area (Å²) >= 11 is 0. The van der Waals surface area contributed by atoms with E-state index in [1.807, 2.05) is 0 Å². The molecule has 1 aliphatic heterocycles. The summed E-state index contributed by atoms with van der Waals surface area (Å²) in [7, 11) is 0. The summed E-state index contributed by atoms with van der Waals surface area (Å²) in [4.78, 5) is 14.5. The van der Waals surface area contributed by atoms with Crippen LogP contribution in [0.2, 0.25) is 0 Å². The van der Waals surface area contributed by atoms with Crippen molar-refractivity contribution in [3.63, 3.8) is 0 Å². The lowest BCUT2D eigenvalue weighted by Gasteiger charge is -2.44. The van der Waals surface area contributed by atoms with Crippen LogP contribution in [0.5, 0.6) is 0 Å². The monoisotopic (exact) mass is 505 g/mol. The van der Waals surface area contributed by atoms with Gasteiger partial charge in [-0.05, 0) is 35.6 Å². The summed E-state index contributed by atoms with van der Waals surface area (Å²) in [6, 6.07) is 10.9. The molecule has 0 unspecified atom stereocenters. The second-order valence-corrected chi connectivity index (χ2v) is 9.58. The number of nitrogens with two attached hydrogens (primary N) is 1. The number of rotatable bonds is 2. The third-order valence-corrected chi connectivity index (χ3v) is 6.41. The minimum Gasteiger partial charge on any atom is -0.384 e. The first kappa shape index (κ1) is 25.4. The lowest BCUT2D eigenvalue weighted by Crippen LogP contribution is -2.43. The Balaban J connectivity index is 2.09. The van der Waals surface area contributed by atoms with E-state index in [1.165, 1.54) is 24.3 Å². The molecule has 4 rings (SSSR count). The number of nitrogens with zero attached hydrogens (tertiary/aromatic N) is 2. The van der Waals surface area contributed by atoms with Gasteiger partial charge in [-0.15, -0.1) is 0 Å². The van der Waals surface area contributed by atoms with Crippen molar-refractivity contribution in [2.24, 2.45) is 11.1 Å². The predicted molar refractivity (Wildman–Crippen MR) is 120 cm³/mol. The molecule has 0 aromatic heterocycles. The molecule has 36 heavy (non-hydrogen) atoms. The fraction of sp³-hybridized carbons (Fsp3) is 0.308. The topological polar surface area (TPSA) is 70.1 Å². The zero-order valence-electron chi connectivity index (χ0n) is 19.3. The first-order chi connectivity index (χ1) is 16.7. The quantitative estimate of drug-likeness (QED) is 0.463. The van der Waals surface area contributed by atoms with Crippen LogP contribution in [0.15, 0.2) is 71.2 Å². The largest absolute Gasteiger partial charge is 0.418 e. The average Bonchev–Trinajstić information content (AvgIpc) is 2.76. The number of carbonyl (C=O) groups excluding carboxylic acids is 1. The molecule has 0 amide bonds. The number of benzene rings is 2. The lowest BCUT2D eigenvalue weighted by molar-refractivity contribution is -0.138. The van der Waals surface area contributed by atoms with Crippen molar-refractivity contribution in [3.8, 4) is 6.07 Å². The van der Waals surface area contributed by atoms with Gasteiger partial charge in [0.15, 0.2) is 5.78 Å². The first-order valence-electron chi connectivity index (χ1n) is 11.0. The van der Waals surface area contributed by atoms with E-state index in [4.69, 9.17) is 5.73 Å². The number of hydrogen-bond acceptors (Lipinski definition) is 4. The SMILES string of the molecule is CC1(C)CC(=O)C2=C(C1)N(c1ccccc1C(F)(F)F)C(N)=C(C#N)[C@H]2c1ccccc1C(F)(F)F. The standard InChI is InChI=1S/C26H21F6N3O/c1-24(2)11-19-22(20(36)12-24)21(14-7-3-4-8-16(14)25(27,28)29)15(13-33)23(34)35(19)18-10-6-5-9-17(18)26(30,31)32/h3-10,21H,11-12,34H2,1-2H3/t21-/m1/s1. The van der Waals surface area contributed by atoms with E-state index >= 15 is 0 Å². The van der Waals surface area contributed by atoms with Crippen LogP contribution in [0.25, 0.3) is 0 Å². The average molecular weight is 505 g/mol. The molecular formula is C26H21F6N3O. The number of carbonyl (C=O) groups is 1. The smallest absolute Gasteiger partial charge is 0.384 e. The highest BCUT2D eigenvalue weighted by Crippen LogP contribution is 2.53. The Morgan fingerprint density at radius 1 is 0.944 bits per heavy atom. The van der Waals surface area contributed by atoms with Crippen LogP contribution in [0.1, 0.15) is 49.3 Å². The zero-order chi connectivity index (χ0) is 26.6. The zero-order valence-corrected chi connectivity index (χ0v) is 19.3. The molecule has 0 radical (unpaired) electrons. The van der Waals surface area contributed by atoms with Crippen LogP contribution < -0.4 is 10.6 Å². The number of para-hydroxylation sites is 1. The highest BCUT2D eigenvalue weighted by atomic mass is 19.4. The van der Waals surface area contributed by atoms with E-state index in [2.05, 4.69) is 0 Å². The summed E-state index contributed by atoms with van der Waals surface area (Å²) in [6.07, 6.45) is -9.59. The second-order valence-electron chi connectivity index (χ2n) is 9.58. The molecule has 188 valence electrons. The number of Topliss-reactive ketones (excluding diaryl/α,β-unsaturated/α-hetero) is 1. The van der Waals surface area contributed by atoms with Crippen molar-refractivity contribution >= 4 is 11.5 Å². The van der Waals surface area contributed by atoms with Gasteiger partial charge in [-0.3, -0.25) is 9.69 Å². The summed E-state index contributed by atoms with van der Waals surface area (Å²) in [5, 5.41) is 10.0. The first-order valence-corrected chi connectivity index (χ1v) is 11.0. The van der Waals surface area contributed by atoms with Crippen LogP contribution >= 0.6 is 0 Å². The molecule has 1 atom stereocenters. The summed E-state index contributed by atoms with van der Waals surface area (Å²) in [6.45, 7) is 3.47. The summed E-state index contributed by atoms with van der Waals surface area (Å²) in [5.74, 6) is -2.46. The molecule has 0 saturated heterocycles. The Labute approximate surface area is 203 Å². The number of allylic oxidation sites excluding steroid dienone is 3. The highest BCUT2D eigenvalue weighted by Gasteiger charge is 2.48. The number of nitriles is 1. The third-order valence-electron chi connectivity index (χ3n) is 6.41. The molecule has 0 saturated carbocycles. The molecule has 1 heterocycles. The maximum atomic E-state index is 13.9. The van der Waals surface area contributed by atoms with E-state index in [-0.39, 0.29) is 29.7 Å². The van der Waals surface area contributed by atoms with Gasteiger partial charge in [-0.2, -0.15) is 31.6 Å². The van der Waals surface area contributed by atoms with Crippen molar-refractivity contribution in [1.82, 2.24) is 0 Å². The van der Waals surface area contributed by atoms with Crippen molar-refractivity contribution < 1.29 is 31.1 Å². The molecule has 1 aliphatic carbocycles. The lowest BCUT2D eigenvalue weighted by atomic mass is 9.68. The minimum absolute atomic E-state index is 0.0517. The van der Waals surface area contributed by atoms with Crippen LogP contribution in [-0.2, 0) is 17.1 Å². The molecule has 0 spiro atoms. The van der Waals surface area contributed by atoms with Crippen LogP contribution in [0, 0.1) is 16.7 Å². The Morgan fingerprint density at radius 2 is 1.50 bits per heavy atom. The highest BCUT2D eigenvalue weighted by molar-refractivity contribution is 6.02. The van der Waals surface area contributed by atoms with E-state index in [0.29, 0.717) is 0 Å². The van der Waals surface area contributed by atoms with Crippen LogP contribution in [-0.4, -0.2) is 5.78 Å². The fourth-order valence-corrected chi connectivity index (χ4v) is 5.01. The molecule has 0 fully saturated rings. The molecule has 2 N–H and O–H groups in total. The van der Waals surface area contributed by atoms with Gasteiger partial charge in [0.2, 0.25) is 0 Å². The molecular weight excluding hydrogens is 484 g/mol. The van der Waals surface area contributed by atoms with E-state index in [0.717, 1.165) is 29.2 Å². The predicted octanol–water partition coefficient (Wildman–Crippen LogP) is 6.67. The second kappa shape index (κ2) is 8.43. The van der Waals surface area contributed by atoms with Gasteiger partial charge in [0.1, 0.15) is 5.82 Å². The summed E-state index contributed by atoms with van der Waals surface area (Å²) in [5.41, 5.74) is 2.22. The van der Waals surface area contributed by atoms with Gasteiger partial charge in [0.05, 0.1) is 34.4 Å². The maximum absolute atomic E-state index is 13.9. The molecule has 10 heteroatoms. The number of ketones is 1. The van der Waals surface area contributed by atoms with E-state index in [9.17, 15) is 36.4 Å². The Bertz CT molecular complexity index is 1340. The third kappa shape index (κ3) is 4.23. The van der Waals surface area contributed by atoms with Crippen molar-refractivity contribution in [2.45, 2.75) is 45.0 Å². The molecule has 2 aromatic rings. The van der Waals surface area contributed by atoms with Crippen LogP contribution in [0.4, 0.5) is 32.0 Å². The normalized spacial score (nSPS) is 20.4. The number of alkyl halides is 6. The Kier molecular flexibility index (Phi) is 5.94. The summed E-state index contributed by atoms with van der Waals surface area (Å²) < 4.78 is 83.6. The van der Waals surface area contributed by atoms with Gasteiger partial charge < -0.3 is 5.73 Å². The number of anilines is 1. The van der Waals surface area contributed by atoms with Gasteiger partial charge in [-0.1, -0.05) is 44.2 Å². The van der Waals surface area contributed by atoms with Gasteiger partial charge in [0.25, 0.3) is 0 Å². The molecule has 2 aromatic carbocycles. The van der Waals surface area contributed by atoms with Crippen molar-refractivity contribution in [1.29, 1.82) is 5.26 Å². The van der Waals surface area contributed by atoms with E-state index in [1.54, 1.807) is 19.9 Å². The van der Waals surface area contributed by atoms with Gasteiger partial charge >= 0.3 is 12.4 Å². The van der Waals surface area contributed by atoms with Crippen molar-refractivity contribution in [2.75, 3.05) is 4.90 Å². The van der Waals surface area contributed by atoms with Crippen molar-refractivity contribution in [3.05, 3.63) is 87.9 Å². The van der Waals surface area contributed by atoms with Gasteiger partial charge in [0, 0.05) is 17.7 Å². The molecule has 2 aliphatic rings. The van der Waals surface area contributed by atoms with E-state index < -0.39 is 57.7 Å². The minimum atomic E-state index is -4.80. The number of halogens is 6. The molecule has 4 nitrogen and oxygen atoms in total. The Morgan fingerprint density at radius 3 is 2.08 bits per heavy atom. The number of hydrogen-bond donors (Lipinski definition) is 1. The van der Waals surface area contributed by atoms with Crippen LogP contribution in [0.3, 0.4) is 0 Å². The maximum Gasteiger partial charge on any atom is 0.418 e.